The minimum atomic E-state index is -3.74. The second-order valence-electron chi connectivity index (χ2n) is 9.78. The van der Waals surface area contributed by atoms with Gasteiger partial charge < -0.3 is 10.2 Å². The molecule has 1 N–H and O–H groups in total. The van der Waals surface area contributed by atoms with Crippen LogP contribution in [0, 0.1) is 13.8 Å². The molecule has 186 valence electrons. The molecule has 2 amide bonds. The molecule has 0 aromatic heterocycles. The van der Waals surface area contributed by atoms with E-state index in [9.17, 15) is 18.0 Å². The van der Waals surface area contributed by atoms with E-state index in [1.807, 2.05) is 65.8 Å². The molecule has 0 aliphatic carbocycles. The van der Waals surface area contributed by atoms with Crippen LogP contribution in [0.25, 0.3) is 0 Å². The van der Waals surface area contributed by atoms with Gasteiger partial charge >= 0.3 is 0 Å². The molecular formula is C26H37N3O4S. The van der Waals surface area contributed by atoms with Crippen molar-refractivity contribution in [3.05, 3.63) is 65.2 Å². The number of aryl methyl sites for hydroxylation is 2. The van der Waals surface area contributed by atoms with E-state index in [2.05, 4.69) is 5.32 Å². The van der Waals surface area contributed by atoms with Crippen LogP contribution in [0.1, 0.15) is 50.8 Å². The number of benzene rings is 2. The molecule has 2 aromatic rings. The highest BCUT2D eigenvalue weighted by molar-refractivity contribution is 7.92. The molecule has 8 heteroatoms. The van der Waals surface area contributed by atoms with Crippen molar-refractivity contribution in [3.63, 3.8) is 0 Å². The maximum absolute atomic E-state index is 13.6. The molecule has 0 aliphatic rings. The SMILES string of the molecule is CCC(C(=O)NC(C)(C)C)N(Cc1cccc(C)c1)C(=O)CN(c1ccc(C)cc1)S(C)(=O)=O. The Kier molecular flexibility index (Phi) is 8.89. The van der Waals surface area contributed by atoms with Crippen LogP contribution in [-0.2, 0) is 26.2 Å². The second kappa shape index (κ2) is 11.0. The Labute approximate surface area is 204 Å². The average molecular weight is 488 g/mol. The van der Waals surface area contributed by atoms with Gasteiger partial charge in [-0.15, -0.1) is 0 Å². The fourth-order valence-corrected chi connectivity index (χ4v) is 4.55. The molecule has 2 rings (SSSR count). The largest absolute Gasteiger partial charge is 0.350 e. The third kappa shape index (κ3) is 7.87. The summed E-state index contributed by atoms with van der Waals surface area (Å²) in [5.74, 6) is -0.708. The van der Waals surface area contributed by atoms with Crippen molar-refractivity contribution >= 4 is 27.5 Å². The summed E-state index contributed by atoms with van der Waals surface area (Å²) in [5, 5.41) is 2.96. The molecule has 34 heavy (non-hydrogen) atoms. The first kappa shape index (κ1) is 27.4. The van der Waals surface area contributed by atoms with Gasteiger partial charge in [-0.3, -0.25) is 13.9 Å². The van der Waals surface area contributed by atoms with Crippen LogP contribution in [0.3, 0.4) is 0 Å². The third-order valence-corrected chi connectivity index (χ3v) is 6.46. The molecule has 0 saturated carbocycles. The van der Waals surface area contributed by atoms with E-state index in [1.54, 1.807) is 24.3 Å². The Bertz CT molecular complexity index is 1110. The number of nitrogens with one attached hydrogen (secondary N) is 1. The number of sulfonamides is 1. The van der Waals surface area contributed by atoms with Gasteiger partial charge in [-0.2, -0.15) is 0 Å². The van der Waals surface area contributed by atoms with Gasteiger partial charge in [0, 0.05) is 12.1 Å². The lowest BCUT2D eigenvalue weighted by atomic mass is 10.0. The van der Waals surface area contributed by atoms with Gasteiger partial charge in [-0.1, -0.05) is 54.4 Å². The highest BCUT2D eigenvalue weighted by Gasteiger charge is 2.33. The van der Waals surface area contributed by atoms with E-state index in [0.717, 1.165) is 27.3 Å². The number of rotatable bonds is 9. The zero-order chi connectivity index (χ0) is 25.7. The summed E-state index contributed by atoms with van der Waals surface area (Å²) in [6.07, 6.45) is 1.47. The zero-order valence-corrected chi connectivity index (χ0v) is 22.1. The zero-order valence-electron chi connectivity index (χ0n) is 21.3. The van der Waals surface area contributed by atoms with E-state index >= 15 is 0 Å². The summed E-state index contributed by atoms with van der Waals surface area (Å²) in [4.78, 5) is 28.3. The summed E-state index contributed by atoms with van der Waals surface area (Å²) < 4.78 is 26.3. The Morgan fingerprint density at radius 1 is 1.00 bits per heavy atom. The first-order valence-electron chi connectivity index (χ1n) is 11.4. The fourth-order valence-electron chi connectivity index (χ4n) is 3.70. The van der Waals surface area contributed by atoms with Crippen molar-refractivity contribution in [3.8, 4) is 0 Å². The number of hydrogen-bond acceptors (Lipinski definition) is 4. The lowest BCUT2D eigenvalue weighted by molar-refractivity contribution is -0.141. The van der Waals surface area contributed by atoms with Crippen LogP contribution in [0.15, 0.2) is 48.5 Å². The molecule has 0 fully saturated rings. The van der Waals surface area contributed by atoms with Crippen LogP contribution in [-0.4, -0.2) is 49.5 Å². The van der Waals surface area contributed by atoms with Gasteiger partial charge in [0.05, 0.1) is 11.9 Å². The Morgan fingerprint density at radius 3 is 2.12 bits per heavy atom. The van der Waals surface area contributed by atoms with Crippen LogP contribution >= 0.6 is 0 Å². The average Bonchev–Trinajstić information content (AvgIpc) is 2.70. The first-order chi connectivity index (χ1) is 15.7. The van der Waals surface area contributed by atoms with Crippen LogP contribution in [0.4, 0.5) is 5.69 Å². The molecule has 1 unspecified atom stereocenters. The quantitative estimate of drug-likeness (QED) is 0.583. The van der Waals surface area contributed by atoms with Gasteiger partial charge in [0.2, 0.25) is 21.8 Å². The van der Waals surface area contributed by atoms with E-state index in [4.69, 9.17) is 0 Å². The highest BCUT2D eigenvalue weighted by atomic mass is 32.2. The predicted octanol–water partition coefficient (Wildman–Crippen LogP) is 3.79. The van der Waals surface area contributed by atoms with Crippen LogP contribution in [0.5, 0.6) is 0 Å². The van der Waals surface area contributed by atoms with Gasteiger partial charge in [-0.25, -0.2) is 8.42 Å². The van der Waals surface area contributed by atoms with Crippen molar-refractivity contribution in [2.45, 2.75) is 66.1 Å². The summed E-state index contributed by atoms with van der Waals surface area (Å²) in [6.45, 7) is 11.2. The summed E-state index contributed by atoms with van der Waals surface area (Å²) in [6, 6.07) is 13.9. The maximum Gasteiger partial charge on any atom is 0.244 e. The lowest BCUT2D eigenvalue weighted by Gasteiger charge is -2.34. The minimum absolute atomic E-state index is 0.197. The number of carbonyl (C=O) groups excluding carboxylic acids is 2. The number of carbonyl (C=O) groups is 2. The normalized spacial score (nSPS) is 12.7. The standard InChI is InChI=1S/C26H37N3O4S/c1-8-23(25(31)27-26(4,5)6)28(17-21-11-9-10-20(3)16-21)24(30)18-29(34(7,32)33)22-14-12-19(2)13-15-22/h9-16,23H,8,17-18H2,1-7H3,(H,27,31). The molecule has 0 aliphatic heterocycles. The van der Waals surface area contributed by atoms with Gasteiger partial charge in [-0.05, 0) is 58.7 Å². The number of hydrogen-bond donors (Lipinski definition) is 1. The second-order valence-corrected chi connectivity index (χ2v) is 11.7. The van der Waals surface area contributed by atoms with Gasteiger partial charge in [0.15, 0.2) is 0 Å². The summed E-state index contributed by atoms with van der Waals surface area (Å²) in [7, 11) is -3.74. The van der Waals surface area contributed by atoms with Crippen LogP contribution in [0.2, 0.25) is 0 Å². The molecule has 0 radical (unpaired) electrons. The molecule has 0 saturated heterocycles. The molecule has 0 heterocycles. The van der Waals surface area contributed by atoms with E-state index in [1.165, 1.54) is 4.90 Å². The van der Waals surface area contributed by atoms with E-state index in [-0.39, 0.29) is 12.5 Å². The first-order valence-corrected chi connectivity index (χ1v) is 13.3. The number of amides is 2. The van der Waals surface area contributed by atoms with Crippen molar-refractivity contribution in [1.29, 1.82) is 0 Å². The van der Waals surface area contributed by atoms with Crippen molar-refractivity contribution in [2.75, 3.05) is 17.1 Å². The summed E-state index contributed by atoms with van der Waals surface area (Å²) >= 11 is 0. The topological polar surface area (TPSA) is 86.8 Å². The maximum atomic E-state index is 13.6. The molecule has 0 spiro atoms. The smallest absolute Gasteiger partial charge is 0.244 e. The number of anilines is 1. The monoisotopic (exact) mass is 487 g/mol. The van der Waals surface area contributed by atoms with Gasteiger partial charge in [0.1, 0.15) is 12.6 Å². The third-order valence-electron chi connectivity index (χ3n) is 5.32. The lowest BCUT2D eigenvalue weighted by Crippen LogP contribution is -2.55. The molecular weight excluding hydrogens is 450 g/mol. The highest BCUT2D eigenvalue weighted by Crippen LogP contribution is 2.21. The van der Waals surface area contributed by atoms with Crippen molar-refractivity contribution < 1.29 is 18.0 Å². The van der Waals surface area contributed by atoms with E-state index in [0.29, 0.717) is 12.1 Å². The molecule has 0 bridgehead atoms. The molecule has 1 atom stereocenters. The van der Waals surface area contributed by atoms with Crippen molar-refractivity contribution in [2.24, 2.45) is 0 Å². The Morgan fingerprint density at radius 2 is 1.62 bits per heavy atom. The van der Waals surface area contributed by atoms with E-state index < -0.39 is 34.1 Å². The molecule has 7 nitrogen and oxygen atoms in total. The number of nitrogens with zero attached hydrogens (tertiary/aromatic N) is 2. The van der Waals surface area contributed by atoms with Crippen LogP contribution < -0.4 is 9.62 Å². The Hall–Kier alpha value is -2.87. The Balaban J connectivity index is 2.45. The predicted molar refractivity (Wildman–Crippen MR) is 137 cm³/mol. The minimum Gasteiger partial charge on any atom is -0.350 e. The molecule has 2 aromatic carbocycles. The fraction of sp³-hybridized carbons (Fsp3) is 0.462. The van der Waals surface area contributed by atoms with Gasteiger partial charge in [0.25, 0.3) is 0 Å². The summed E-state index contributed by atoms with van der Waals surface area (Å²) in [5.41, 5.74) is 2.83. The van der Waals surface area contributed by atoms with Crippen molar-refractivity contribution in [1.82, 2.24) is 10.2 Å².